The molecule has 1 aliphatic rings. The van der Waals surface area contributed by atoms with Crippen molar-refractivity contribution in [2.24, 2.45) is 11.7 Å². The topological polar surface area (TPSA) is 53.1 Å². The summed E-state index contributed by atoms with van der Waals surface area (Å²) in [6.07, 6.45) is -3.96. The summed E-state index contributed by atoms with van der Waals surface area (Å²) in [7, 11) is 0. The molecule has 0 saturated carbocycles. The standard InChI is InChI=1S/C13H15ClF3N3/c14-10-7-8(12(18)19)1-2-11(10)20-5-3-9(4-6-20)13(15,16)17/h1-2,7,9H,3-6H2,(H3,18,19). The molecule has 1 aliphatic heterocycles. The van der Waals surface area contributed by atoms with Gasteiger partial charge in [-0.05, 0) is 31.0 Å². The summed E-state index contributed by atoms with van der Waals surface area (Å²) in [6.45, 7) is 0.645. The van der Waals surface area contributed by atoms with Crippen molar-refractivity contribution in [3.8, 4) is 0 Å². The third kappa shape index (κ3) is 3.17. The first-order valence-electron chi connectivity index (χ1n) is 6.24. The normalized spacial score (nSPS) is 17.3. The van der Waals surface area contributed by atoms with Crippen molar-refractivity contribution < 1.29 is 13.2 Å². The van der Waals surface area contributed by atoms with Gasteiger partial charge in [0.15, 0.2) is 0 Å². The van der Waals surface area contributed by atoms with Gasteiger partial charge in [-0.1, -0.05) is 11.6 Å². The average molecular weight is 306 g/mol. The quantitative estimate of drug-likeness (QED) is 0.650. The van der Waals surface area contributed by atoms with Crippen LogP contribution in [0.1, 0.15) is 18.4 Å². The van der Waals surface area contributed by atoms with Gasteiger partial charge in [-0.25, -0.2) is 0 Å². The molecule has 3 nitrogen and oxygen atoms in total. The van der Waals surface area contributed by atoms with E-state index >= 15 is 0 Å². The van der Waals surface area contributed by atoms with E-state index in [-0.39, 0.29) is 18.7 Å². The summed E-state index contributed by atoms with van der Waals surface area (Å²) >= 11 is 6.12. The summed E-state index contributed by atoms with van der Waals surface area (Å²) in [6, 6.07) is 4.92. The van der Waals surface area contributed by atoms with Gasteiger partial charge in [0.2, 0.25) is 0 Å². The zero-order valence-corrected chi connectivity index (χ0v) is 11.4. The minimum atomic E-state index is -4.12. The highest BCUT2D eigenvalue weighted by Crippen LogP contribution is 2.37. The Morgan fingerprint density at radius 2 is 1.90 bits per heavy atom. The summed E-state index contributed by atoms with van der Waals surface area (Å²) in [4.78, 5) is 1.84. The first-order chi connectivity index (χ1) is 9.29. The van der Waals surface area contributed by atoms with Crippen LogP contribution in [0.2, 0.25) is 5.02 Å². The fourth-order valence-corrected chi connectivity index (χ4v) is 2.68. The first-order valence-corrected chi connectivity index (χ1v) is 6.62. The molecule has 2 rings (SSSR count). The molecule has 1 aromatic rings. The molecule has 0 aromatic heterocycles. The van der Waals surface area contributed by atoms with Gasteiger partial charge in [-0.3, -0.25) is 5.41 Å². The van der Waals surface area contributed by atoms with Gasteiger partial charge in [0.1, 0.15) is 5.84 Å². The van der Waals surface area contributed by atoms with Crippen LogP contribution >= 0.6 is 11.6 Å². The second kappa shape index (κ2) is 5.52. The molecule has 1 aromatic carbocycles. The number of rotatable bonds is 2. The lowest BCUT2D eigenvalue weighted by molar-refractivity contribution is -0.179. The van der Waals surface area contributed by atoms with Crippen LogP contribution < -0.4 is 10.6 Å². The Kier molecular flexibility index (Phi) is 4.13. The number of nitrogens with two attached hydrogens (primary N) is 1. The fourth-order valence-electron chi connectivity index (χ4n) is 2.38. The fraction of sp³-hybridized carbons (Fsp3) is 0.462. The molecular formula is C13H15ClF3N3. The minimum Gasteiger partial charge on any atom is -0.384 e. The van der Waals surface area contributed by atoms with E-state index in [1.54, 1.807) is 18.2 Å². The number of alkyl halides is 3. The Labute approximate surface area is 120 Å². The van der Waals surface area contributed by atoms with Crippen LogP contribution in [0.15, 0.2) is 18.2 Å². The van der Waals surface area contributed by atoms with Crippen molar-refractivity contribution in [1.29, 1.82) is 5.41 Å². The van der Waals surface area contributed by atoms with E-state index in [1.807, 2.05) is 4.90 Å². The van der Waals surface area contributed by atoms with Crippen molar-refractivity contribution in [1.82, 2.24) is 0 Å². The maximum atomic E-state index is 12.6. The second-order valence-electron chi connectivity index (χ2n) is 4.88. The number of benzene rings is 1. The minimum absolute atomic E-state index is 0.0777. The van der Waals surface area contributed by atoms with E-state index < -0.39 is 12.1 Å². The largest absolute Gasteiger partial charge is 0.391 e. The molecule has 1 saturated heterocycles. The summed E-state index contributed by atoms with van der Waals surface area (Å²) < 4.78 is 37.8. The highest BCUT2D eigenvalue weighted by atomic mass is 35.5. The van der Waals surface area contributed by atoms with Crippen molar-refractivity contribution in [3.05, 3.63) is 28.8 Å². The van der Waals surface area contributed by atoms with Crippen LogP contribution in [-0.4, -0.2) is 25.1 Å². The van der Waals surface area contributed by atoms with Crippen LogP contribution in [0.4, 0.5) is 18.9 Å². The number of hydrogen-bond donors (Lipinski definition) is 2. The third-order valence-electron chi connectivity index (χ3n) is 3.56. The van der Waals surface area contributed by atoms with Gasteiger partial charge in [0.25, 0.3) is 0 Å². The molecule has 20 heavy (non-hydrogen) atoms. The number of nitrogens with one attached hydrogen (secondary N) is 1. The van der Waals surface area contributed by atoms with Crippen LogP contribution in [0.5, 0.6) is 0 Å². The number of amidine groups is 1. The zero-order valence-electron chi connectivity index (χ0n) is 10.7. The van der Waals surface area contributed by atoms with E-state index in [1.165, 1.54) is 0 Å². The number of nitrogens with zero attached hydrogens (tertiary/aromatic N) is 1. The average Bonchev–Trinajstić information content (AvgIpc) is 2.37. The van der Waals surface area contributed by atoms with Gasteiger partial charge in [-0.15, -0.1) is 0 Å². The van der Waals surface area contributed by atoms with E-state index in [9.17, 15) is 13.2 Å². The van der Waals surface area contributed by atoms with Gasteiger partial charge in [-0.2, -0.15) is 13.2 Å². The third-order valence-corrected chi connectivity index (χ3v) is 3.86. The van der Waals surface area contributed by atoms with Crippen molar-refractivity contribution in [2.75, 3.05) is 18.0 Å². The molecule has 0 spiro atoms. The van der Waals surface area contributed by atoms with Crippen LogP contribution in [0.3, 0.4) is 0 Å². The molecule has 0 amide bonds. The monoisotopic (exact) mass is 305 g/mol. The summed E-state index contributed by atoms with van der Waals surface area (Å²) in [5.41, 5.74) is 6.56. The Balaban J connectivity index is 2.09. The Morgan fingerprint density at radius 3 is 2.35 bits per heavy atom. The summed E-state index contributed by atoms with van der Waals surface area (Å²) in [5, 5.41) is 7.73. The highest BCUT2D eigenvalue weighted by Gasteiger charge is 2.41. The molecule has 7 heteroatoms. The zero-order chi connectivity index (χ0) is 14.9. The lowest BCUT2D eigenvalue weighted by atomic mass is 9.96. The molecule has 0 atom stereocenters. The van der Waals surface area contributed by atoms with E-state index in [4.69, 9.17) is 22.7 Å². The number of piperidine rings is 1. The number of hydrogen-bond acceptors (Lipinski definition) is 2. The predicted molar refractivity (Wildman–Crippen MR) is 73.5 cm³/mol. The van der Waals surface area contributed by atoms with Gasteiger partial charge in [0.05, 0.1) is 16.6 Å². The van der Waals surface area contributed by atoms with Gasteiger partial charge in [0, 0.05) is 18.7 Å². The van der Waals surface area contributed by atoms with Crippen molar-refractivity contribution in [2.45, 2.75) is 19.0 Å². The lowest BCUT2D eigenvalue weighted by Gasteiger charge is -2.34. The Hall–Kier alpha value is -1.43. The van der Waals surface area contributed by atoms with E-state index in [2.05, 4.69) is 0 Å². The Bertz CT molecular complexity index is 508. The molecule has 0 aliphatic carbocycles. The predicted octanol–water partition coefficient (Wildman–Crippen LogP) is 3.40. The molecule has 0 unspecified atom stereocenters. The number of anilines is 1. The maximum absolute atomic E-state index is 12.6. The van der Waals surface area contributed by atoms with Gasteiger partial charge >= 0.3 is 6.18 Å². The second-order valence-corrected chi connectivity index (χ2v) is 5.29. The lowest BCUT2D eigenvalue weighted by Crippen LogP contribution is -2.39. The SMILES string of the molecule is N=C(N)c1ccc(N2CCC(C(F)(F)F)CC2)c(Cl)c1. The van der Waals surface area contributed by atoms with Crippen molar-refractivity contribution in [3.63, 3.8) is 0 Å². The molecule has 1 fully saturated rings. The summed E-state index contributed by atoms with van der Waals surface area (Å²) in [5.74, 6) is -1.32. The van der Waals surface area contributed by atoms with E-state index in [0.717, 1.165) is 0 Å². The smallest absolute Gasteiger partial charge is 0.384 e. The molecule has 110 valence electrons. The van der Waals surface area contributed by atoms with E-state index in [0.29, 0.717) is 29.4 Å². The van der Waals surface area contributed by atoms with Crippen LogP contribution in [-0.2, 0) is 0 Å². The van der Waals surface area contributed by atoms with Crippen LogP contribution in [0, 0.1) is 11.3 Å². The molecular weight excluding hydrogens is 291 g/mol. The molecule has 1 heterocycles. The number of halogens is 4. The number of nitrogen functional groups attached to an aromatic ring is 1. The van der Waals surface area contributed by atoms with Gasteiger partial charge < -0.3 is 10.6 Å². The molecule has 0 bridgehead atoms. The van der Waals surface area contributed by atoms with Crippen molar-refractivity contribution >= 4 is 23.1 Å². The molecule has 3 N–H and O–H groups in total. The van der Waals surface area contributed by atoms with Crippen LogP contribution in [0.25, 0.3) is 0 Å². The Morgan fingerprint density at radius 1 is 1.30 bits per heavy atom. The molecule has 0 radical (unpaired) electrons. The highest BCUT2D eigenvalue weighted by molar-refractivity contribution is 6.33. The maximum Gasteiger partial charge on any atom is 0.391 e. The first kappa shape index (κ1) is 15.0.